The van der Waals surface area contributed by atoms with Gasteiger partial charge in [-0.1, -0.05) is 18.2 Å². The summed E-state index contributed by atoms with van der Waals surface area (Å²) in [5.74, 6) is -1.34. The van der Waals surface area contributed by atoms with E-state index in [4.69, 9.17) is 0 Å². The molecule has 0 saturated heterocycles. The van der Waals surface area contributed by atoms with E-state index in [0.29, 0.717) is 5.69 Å². The number of hydrogen-bond donors (Lipinski definition) is 2. The molecule has 5 nitrogen and oxygen atoms in total. The molecule has 2 N–H and O–H groups in total. The van der Waals surface area contributed by atoms with Crippen molar-refractivity contribution in [1.82, 2.24) is 9.97 Å². The summed E-state index contributed by atoms with van der Waals surface area (Å²) in [4.78, 5) is 20.4. The maximum Gasteiger partial charge on any atom is 0.416 e. The van der Waals surface area contributed by atoms with E-state index in [0.717, 1.165) is 12.1 Å². The third-order valence-electron chi connectivity index (χ3n) is 3.65. The van der Waals surface area contributed by atoms with E-state index in [1.807, 2.05) is 0 Å². The second-order valence-electron chi connectivity index (χ2n) is 5.86. The minimum atomic E-state index is -4.49. The molecule has 0 radical (unpaired) electrons. The average Bonchev–Trinajstić information content (AvgIpc) is 2.62. The van der Waals surface area contributed by atoms with Gasteiger partial charge in [0.2, 0.25) is 5.95 Å². The highest BCUT2D eigenvalue weighted by Crippen LogP contribution is 2.31. The first-order valence-corrected chi connectivity index (χ1v) is 8.08. The number of halogens is 4. The minimum absolute atomic E-state index is 0.0175. The molecular weight excluding hydrogens is 376 g/mol. The van der Waals surface area contributed by atoms with Gasteiger partial charge in [0.05, 0.1) is 11.3 Å². The molecule has 28 heavy (non-hydrogen) atoms. The van der Waals surface area contributed by atoms with Crippen LogP contribution in [0.4, 0.5) is 34.9 Å². The lowest BCUT2D eigenvalue weighted by molar-refractivity contribution is -0.137. The number of carbonyl (C=O) groups is 1. The summed E-state index contributed by atoms with van der Waals surface area (Å²) in [6.45, 7) is 1.60. The van der Waals surface area contributed by atoms with Crippen LogP contribution in [0.15, 0.2) is 54.6 Å². The molecular formula is C19H14F4N4O. The highest BCUT2D eigenvalue weighted by atomic mass is 19.4. The van der Waals surface area contributed by atoms with Gasteiger partial charge in [-0.2, -0.15) is 13.2 Å². The summed E-state index contributed by atoms with van der Waals surface area (Å²) in [5, 5.41) is 5.04. The summed E-state index contributed by atoms with van der Waals surface area (Å²) >= 11 is 0. The molecule has 1 aromatic heterocycles. The first-order valence-electron chi connectivity index (χ1n) is 8.08. The monoisotopic (exact) mass is 390 g/mol. The fourth-order valence-electron chi connectivity index (χ4n) is 2.39. The van der Waals surface area contributed by atoms with Crippen molar-refractivity contribution in [2.24, 2.45) is 0 Å². The fraction of sp³-hybridized carbons (Fsp3) is 0.105. The quantitative estimate of drug-likeness (QED) is 0.620. The SMILES string of the molecule is Cc1cc(C(=O)Nc2ccccc2F)nc(Nc2cccc(C(F)(F)F)c2)n1. The zero-order valence-electron chi connectivity index (χ0n) is 14.5. The smallest absolute Gasteiger partial charge is 0.324 e. The summed E-state index contributed by atoms with van der Waals surface area (Å²) in [7, 11) is 0. The second-order valence-corrected chi connectivity index (χ2v) is 5.86. The Morgan fingerprint density at radius 3 is 2.46 bits per heavy atom. The topological polar surface area (TPSA) is 66.9 Å². The summed E-state index contributed by atoms with van der Waals surface area (Å²) in [6.07, 6.45) is -4.49. The molecule has 1 amide bonds. The predicted octanol–water partition coefficient (Wildman–Crippen LogP) is 4.94. The molecule has 9 heteroatoms. The molecule has 0 spiro atoms. The molecule has 3 rings (SSSR count). The van der Waals surface area contributed by atoms with E-state index in [2.05, 4.69) is 20.6 Å². The average molecular weight is 390 g/mol. The van der Waals surface area contributed by atoms with Crippen LogP contribution in [0, 0.1) is 12.7 Å². The molecule has 0 atom stereocenters. The van der Waals surface area contributed by atoms with Gasteiger partial charge in [-0.15, -0.1) is 0 Å². The van der Waals surface area contributed by atoms with Gasteiger partial charge in [-0.25, -0.2) is 14.4 Å². The maximum absolute atomic E-state index is 13.7. The Morgan fingerprint density at radius 1 is 1.00 bits per heavy atom. The van der Waals surface area contributed by atoms with Crippen molar-refractivity contribution in [2.75, 3.05) is 10.6 Å². The number of benzene rings is 2. The first-order chi connectivity index (χ1) is 13.2. The Morgan fingerprint density at radius 2 is 1.75 bits per heavy atom. The highest BCUT2D eigenvalue weighted by Gasteiger charge is 2.30. The number of alkyl halides is 3. The molecule has 1 heterocycles. The van der Waals surface area contributed by atoms with Gasteiger partial charge in [0.15, 0.2) is 0 Å². The van der Waals surface area contributed by atoms with Crippen LogP contribution in [0.25, 0.3) is 0 Å². The predicted molar refractivity (Wildman–Crippen MR) is 95.8 cm³/mol. The molecule has 0 unspecified atom stereocenters. The van der Waals surface area contributed by atoms with E-state index in [9.17, 15) is 22.4 Å². The Balaban J connectivity index is 1.84. The Hall–Kier alpha value is -3.49. The Bertz CT molecular complexity index is 1020. The molecule has 0 bridgehead atoms. The van der Waals surface area contributed by atoms with E-state index in [1.54, 1.807) is 13.0 Å². The standard InChI is InChI=1S/C19H14F4N4O/c1-11-9-16(17(28)26-15-8-3-2-7-14(15)20)27-18(24-11)25-13-6-4-5-12(10-13)19(21,22)23/h2-10H,1H3,(H,26,28)(H,24,25,27). The number of para-hydroxylation sites is 1. The van der Waals surface area contributed by atoms with Crippen molar-refractivity contribution >= 4 is 23.2 Å². The number of aromatic nitrogens is 2. The maximum atomic E-state index is 13.7. The number of rotatable bonds is 4. The van der Waals surface area contributed by atoms with Crippen LogP contribution in [0.1, 0.15) is 21.7 Å². The number of carbonyl (C=O) groups excluding carboxylic acids is 1. The fourth-order valence-corrected chi connectivity index (χ4v) is 2.39. The van der Waals surface area contributed by atoms with Crippen molar-refractivity contribution in [2.45, 2.75) is 13.1 Å². The van der Waals surface area contributed by atoms with Gasteiger partial charge in [-0.05, 0) is 43.3 Å². The van der Waals surface area contributed by atoms with Crippen molar-refractivity contribution in [3.63, 3.8) is 0 Å². The van der Waals surface area contributed by atoms with Crippen LogP contribution in [-0.2, 0) is 6.18 Å². The molecule has 2 aromatic carbocycles. The van der Waals surface area contributed by atoms with E-state index in [-0.39, 0.29) is 23.0 Å². The van der Waals surface area contributed by atoms with Crippen LogP contribution >= 0.6 is 0 Å². The summed E-state index contributed by atoms with van der Waals surface area (Å²) in [5.41, 5.74) is -0.395. The van der Waals surface area contributed by atoms with Crippen molar-refractivity contribution in [3.05, 3.63) is 77.4 Å². The summed E-state index contributed by atoms with van der Waals surface area (Å²) in [6, 6.07) is 11.5. The van der Waals surface area contributed by atoms with Gasteiger partial charge < -0.3 is 10.6 Å². The van der Waals surface area contributed by atoms with Crippen molar-refractivity contribution in [3.8, 4) is 0 Å². The van der Waals surface area contributed by atoms with Crippen molar-refractivity contribution in [1.29, 1.82) is 0 Å². The first kappa shape index (κ1) is 19.3. The lowest BCUT2D eigenvalue weighted by Crippen LogP contribution is -2.16. The van der Waals surface area contributed by atoms with Crippen LogP contribution in [-0.4, -0.2) is 15.9 Å². The molecule has 144 valence electrons. The van der Waals surface area contributed by atoms with Crippen LogP contribution in [0.2, 0.25) is 0 Å². The zero-order valence-corrected chi connectivity index (χ0v) is 14.5. The number of aryl methyl sites for hydroxylation is 1. The third-order valence-corrected chi connectivity index (χ3v) is 3.65. The third kappa shape index (κ3) is 4.61. The van der Waals surface area contributed by atoms with Crippen LogP contribution in [0.3, 0.4) is 0 Å². The lowest BCUT2D eigenvalue weighted by Gasteiger charge is -2.11. The normalized spacial score (nSPS) is 11.2. The number of nitrogens with one attached hydrogen (secondary N) is 2. The molecule has 0 aliphatic rings. The van der Waals surface area contributed by atoms with E-state index in [1.165, 1.54) is 36.4 Å². The number of hydrogen-bond acceptors (Lipinski definition) is 4. The zero-order chi connectivity index (χ0) is 20.3. The van der Waals surface area contributed by atoms with E-state index >= 15 is 0 Å². The molecule has 0 saturated carbocycles. The van der Waals surface area contributed by atoms with Gasteiger partial charge >= 0.3 is 6.18 Å². The molecule has 0 aliphatic carbocycles. The second kappa shape index (κ2) is 7.63. The summed E-state index contributed by atoms with van der Waals surface area (Å²) < 4.78 is 52.2. The van der Waals surface area contributed by atoms with E-state index < -0.39 is 23.5 Å². The van der Waals surface area contributed by atoms with Gasteiger partial charge in [-0.3, -0.25) is 4.79 Å². The minimum Gasteiger partial charge on any atom is -0.324 e. The van der Waals surface area contributed by atoms with Gasteiger partial charge in [0.25, 0.3) is 5.91 Å². The van der Waals surface area contributed by atoms with Crippen molar-refractivity contribution < 1.29 is 22.4 Å². The van der Waals surface area contributed by atoms with Gasteiger partial charge in [0.1, 0.15) is 11.5 Å². The molecule has 0 fully saturated rings. The molecule has 0 aliphatic heterocycles. The molecule has 3 aromatic rings. The lowest BCUT2D eigenvalue weighted by atomic mass is 10.2. The Kier molecular flexibility index (Phi) is 5.25. The van der Waals surface area contributed by atoms with Gasteiger partial charge in [0, 0.05) is 11.4 Å². The Labute approximate surface area is 157 Å². The number of anilines is 3. The van der Waals surface area contributed by atoms with Crippen LogP contribution in [0.5, 0.6) is 0 Å². The number of nitrogens with zero attached hydrogens (tertiary/aromatic N) is 2. The number of amides is 1. The largest absolute Gasteiger partial charge is 0.416 e. The highest BCUT2D eigenvalue weighted by molar-refractivity contribution is 6.03. The van der Waals surface area contributed by atoms with Crippen LogP contribution < -0.4 is 10.6 Å².